The van der Waals surface area contributed by atoms with E-state index in [0.717, 1.165) is 5.56 Å². The van der Waals surface area contributed by atoms with Crippen LogP contribution < -0.4 is 20.1 Å². The lowest BCUT2D eigenvalue weighted by molar-refractivity contribution is 0.354. The highest BCUT2D eigenvalue weighted by Crippen LogP contribution is 2.27. The molecule has 0 amide bonds. The Morgan fingerprint density at radius 1 is 1.07 bits per heavy atom. The second kappa shape index (κ2) is 9.03. The Labute approximate surface area is 165 Å². The lowest BCUT2D eigenvalue weighted by atomic mass is 10.2. The number of anilines is 1. The van der Waals surface area contributed by atoms with E-state index in [0.29, 0.717) is 28.8 Å². The average Bonchev–Trinajstić information content (AvgIpc) is 2.66. The molecule has 2 rings (SSSR count). The van der Waals surface area contributed by atoms with Gasteiger partial charge in [-0.15, -0.1) is 0 Å². The van der Waals surface area contributed by atoms with Crippen molar-refractivity contribution in [1.82, 2.24) is 9.62 Å². The number of ether oxygens (including phenoxy) is 2. The van der Waals surface area contributed by atoms with Crippen LogP contribution in [-0.4, -0.2) is 46.2 Å². The molecule has 0 heterocycles. The molecular weight excluding hydrogens is 386 g/mol. The molecule has 2 N–H and O–H groups in total. The van der Waals surface area contributed by atoms with Gasteiger partial charge in [-0.25, -0.2) is 12.7 Å². The molecule has 0 aliphatic rings. The summed E-state index contributed by atoms with van der Waals surface area (Å²) < 4.78 is 36.1. The number of benzene rings is 2. The number of rotatable bonds is 7. The van der Waals surface area contributed by atoms with E-state index in [2.05, 4.69) is 10.6 Å². The fourth-order valence-corrected chi connectivity index (χ4v) is 3.43. The number of sulfonamides is 1. The fraction of sp³-hybridized carbons (Fsp3) is 0.278. The standard InChI is InChI=1S/C18H23N3O4S2/c1-21(2)27(22,23)15-7-5-6-14(11-15)20-18(26)19-12-13-8-9-16(24-3)17(10-13)25-4/h5-11H,12H2,1-4H3,(H2,19,20,26). The molecule has 0 aliphatic heterocycles. The Morgan fingerprint density at radius 3 is 2.41 bits per heavy atom. The zero-order valence-corrected chi connectivity index (χ0v) is 17.3. The highest BCUT2D eigenvalue weighted by atomic mass is 32.2. The summed E-state index contributed by atoms with van der Waals surface area (Å²) in [5.41, 5.74) is 1.54. The maximum atomic E-state index is 12.2. The van der Waals surface area contributed by atoms with E-state index >= 15 is 0 Å². The van der Waals surface area contributed by atoms with Gasteiger partial charge >= 0.3 is 0 Å². The van der Waals surface area contributed by atoms with E-state index in [1.165, 1.54) is 18.4 Å². The predicted molar refractivity (Wildman–Crippen MR) is 110 cm³/mol. The van der Waals surface area contributed by atoms with Gasteiger partial charge in [0.2, 0.25) is 10.0 Å². The van der Waals surface area contributed by atoms with E-state index in [1.54, 1.807) is 38.5 Å². The number of methoxy groups -OCH3 is 2. The fourth-order valence-electron chi connectivity index (χ4n) is 2.29. The van der Waals surface area contributed by atoms with Gasteiger partial charge in [-0.3, -0.25) is 0 Å². The SMILES string of the molecule is COc1ccc(CNC(=S)Nc2cccc(S(=O)(=O)N(C)C)c2)cc1OC. The summed E-state index contributed by atoms with van der Waals surface area (Å²) >= 11 is 5.30. The Hall–Kier alpha value is -2.36. The van der Waals surface area contributed by atoms with Crippen molar-refractivity contribution in [2.24, 2.45) is 0 Å². The van der Waals surface area contributed by atoms with Crippen LogP contribution in [0.25, 0.3) is 0 Å². The average molecular weight is 410 g/mol. The highest BCUT2D eigenvalue weighted by Gasteiger charge is 2.17. The quantitative estimate of drug-likeness (QED) is 0.680. The third-order valence-corrected chi connectivity index (χ3v) is 5.83. The molecule has 9 heteroatoms. The Morgan fingerprint density at radius 2 is 1.78 bits per heavy atom. The summed E-state index contributed by atoms with van der Waals surface area (Å²) in [5, 5.41) is 6.46. The normalized spacial score (nSPS) is 11.1. The van der Waals surface area contributed by atoms with Crippen LogP contribution in [0.2, 0.25) is 0 Å². The molecule has 2 aromatic carbocycles. The van der Waals surface area contributed by atoms with E-state index in [4.69, 9.17) is 21.7 Å². The second-order valence-corrected chi connectivity index (χ2v) is 8.37. The van der Waals surface area contributed by atoms with Crippen LogP contribution in [0.5, 0.6) is 11.5 Å². The van der Waals surface area contributed by atoms with Crippen molar-refractivity contribution in [3.05, 3.63) is 48.0 Å². The van der Waals surface area contributed by atoms with Crippen molar-refractivity contribution in [2.45, 2.75) is 11.4 Å². The number of hydrogen-bond donors (Lipinski definition) is 2. The van der Waals surface area contributed by atoms with Gasteiger partial charge in [0.15, 0.2) is 16.6 Å². The van der Waals surface area contributed by atoms with Crippen LogP contribution in [0, 0.1) is 0 Å². The first kappa shape index (κ1) is 20.9. The number of nitrogens with zero attached hydrogens (tertiary/aromatic N) is 1. The van der Waals surface area contributed by atoms with Crippen molar-refractivity contribution in [1.29, 1.82) is 0 Å². The van der Waals surface area contributed by atoms with Crippen molar-refractivity contribution in [3.8, 4) is 11.5 Å². The Bertz CT molecular complexity index is 915. The Balaban J connectivity index is 2.02. The van der Waals surface area contributed by atoms with Crippen LogP contribution in [0.3, 0.4) is 0 Å². The Kier molecular flexibility index (Phi) is 7.00. The van der Waals surface area contributed by atoms with Gasteiger partial charge in [0.25, 0.3) is 0 Å². The number of thiocarbonyl (C=S) groups is 1. The molecule has 0 saturated heterocycles. The number of nitrogens with one attached hydrogen (secondary N) is 2. The molecule has 7 nitrogen and oxygen atoms in total. The van der Waals surface area contributed by atoms with Gasteiger partial charge in [-0.1, -0.05) is 12.1 Å². The molecule has 0 atom stereocenters. The molecule has 0 aromatic heterocycles. The minimum atomic E-state index is -3.50. The van der Waals surface area contributed by atoms with Crippen LogP contribution in [0.1, 0.15) is 5.56 Å². The largest absolute Gasteiger partial charge is 0.493 e. The third kappa shape index (κ3) is 5.31. The van der Waals surface area contributed by atoms with E-state index in [-0.39, 0.29) is 4.90 Å². The predicted octanol–water partition coefficient (Wildman–Crippen LogP) is 2.44. The molecule has 0 radical (unpaired) electrons. The molecule has 146 valence electrons. The van der Waals surface area contributed by atoms with Gasteiger partial charge < -0.3 is 20.1 Å². The molecule has 27 heavy (non-hydrogen) atoms. The minimum Gasteiger partial charge on any atom is -0.493 e. The zero-order valence-electron chi connectivity index (χ0n) is 15.6. The summed E-state index contributed by atoms with van der Waals surface area (Å²) in [6.07, 6.45) is 0. The van der Waals surface area contributed by atoms with E-state index < -0.39 is 10.0 Å². The van der Waals surface area contributed by atoms with Crippen LogP contribution in [0.4, 0.5) is 5.69 Å². The van der Waals surface area contributed by atoms with E-state index in [9.17, 15) is 8.42 Å². The molecule has 0 fully saturated rings. The molecule has 0 bridgehead atoms. The summed E-state index contributed by atoms with van der Waals surface area (Å²) in [7, 11) is 2.64. The summed E-state index contributed by atoms with van der Waals surface area (Å²) in [6.45, 7) is 0.474. The van der Waals surface area contributed by atoms with Gasteiger partial charge in [0, 0.05) is 26.3 Å². The monoisotopic (exact) mass is 409 g/mol. The topological polar surface area (TPSA) is 79.9 Å². The van der Waals surface area contributed by atoms with Gasteiger partial charge in [0.1, 0.15) is 0 Å². The van der Waals surface area contributed by atoms with Crippen molar-refractivity contribution >= 4 is 33.0 Å². The lowest BCUT2D eigenvalue weighted by Gasteiger charge is -2.14. The van der Waals surface area contributed by atoms with Crippen LogP contribution in [-0.2, 0) is 16.6 Å². The summed E-state index contributed by atoms with van der Waals surface area (Å²) in [5.74, 6) is 1.29. The molecule has 0 spiro atoms. The first-order chi connectivity index (χ1) is 12.8. The number of hydrogen-bond acceptors (Lipinski definition) is 5. The molecule has 0 aliphatic carbocycles. The zero-order chi connectivity index (χ0) is 20.0. The molecule has 2 aromatic rings. The van der Waals surface area contributed by atoms with Gasteiger partial charge in [0.05, 0.1) is 19.1 Å². The second-order valence-electron chi connectivity index (χ2n) is 5.81. The minimum absolute atomic E-state index is 0.195. The highest BCUT2D eigenvalue weighted by molar-refractivity contribution is 7.89. The molecular formula is C18H23N3O4S2. The smallest absolute Gasteiger partial charge is 0.242 e. The van der Waals surface area contributed by atoms with Crippen LogP contribution in [0.15, 0.2) is 47.4 Å². The van der Waals surface area contributed by atoms with Crippen molar-refractivity contribution < 1.29 is 17.9 Å². The first-order valence-corrected chi connectivity index (χ1v) is 9.91. The van der Waals surface area contributed by atoms with Crippen molar-refractivity contribution in [3.63, 3.8) is 0 Å². The van der Waals surface area contributed by atoms with E-state index in [1.807, 2.05) is 18.2 Å². The van der Waals surface area contributed by atoms with Gasteiger partial charge in [-0.2, -0.15) is 0 Å². The molecule has 0 unspecified atom stereocenters. The van der Waals surface area contributed by atoms with Gasteiger partial charge in [-0.05, 0) is 48.1 Å². The molecule has 0 saturated carbocycles. The maximum Gasteiger partial charge on any atom is 0.242 e. The first-order valence-electron chi connectivity index (χ1n) is 8.06. The summed E-state index contributed by atoms with van der Waals surface area (Å²) in [4.78, 5) is 0.195. The lowest BCUT2D eigenvalue weighted by Crippen LogP contribution is -2.28. The summed E-state index contributed by atoms with van der Waals surface area (Å²) in [6, 6.07) is 12.1. The van der Waals surface area contributed by atoms with Crippen LogP contribution >= 0.6 is 12.2 Å². The maximum absolute atomic E-state index is 12.2. The third-order valence-electron chi connectivity index (χ3n) is 3.77. The van der Waals surface area contributed by atoms with Crippen molar-refractivity contribution in [2.75, 3.05) is 33.6 Å².